The molecule has 0 aliphatic carbocycles. The van der Waals surface area contributed by atoms with Crippen LogP contribution in [-0.2, 0) is 0 Å². The molecule has 96 valence electrons. The Kier molecular flexibility index (Phi) is 2.62. The molecule has 4 heteroatoms. The number of rotatable bonds is 1. The van der Waals surface area contributed by atoms with Gasteiger partial charge in [-0.2, -0.15) is 5.26 Å². The van der Waals surface area contributed by atoms with Crippen LogP contribution in [0, 0.1) is 18.3 Å². The first kappa shape index (κ1) is 12.1. The van der Waals surface area contributed by atoms with Crippen LogP contribution in [0.5, 0.6) is 0 Å². The van der Waals surface area contributed by atoms with E-state index >= 15 is 0 Å². The van der Waals surface area contributed by atoms with Gasteiger partial charge < -0.3 is 0 Å². The third-order valence-electron chi connectivity index (χ3n) is 3.46. The quantitative estimate of drug-likeness (QED) is 0.742. The van der Waals surface area contributed by atoms with Crippen molar-refractivity contribution in [1.82, 2.24) is 0 Å². The second-order valence-corrected chi connectivity index (χ2v) is 4.55. The zero-order valence-corrected chi connectivity index (χ0v) is 10.8. The molecule has 2 aromatic carbocycles. The van der Waals surface area contributed by atoms with Crippen LogP contribution in [0.15, 0.2) is 42.5 Å². The fraction of sp³-hybridized carbons (Fsp3) is 0.0625. The number of carbonyl (C=O) groups excluding carboxylic acids is 2. The van der Waals surface area contributed by atoms with Gasteiger partial charge in [0.15, 0.2) is 0 Å². The number of hydrogen-bond acceptors (Lipinski definition) is 3. The second kappa shape index (κ2) is 4.32. The summed E-state index contributed by atoms with van der Waals surface area (Å²) >= 11 is 0. The van der Waals surface area contributed by atoms with Crippen LogP contribution < -0.4 is 4.90 Å². The van der Waals surface area contributed by atoms with Crippen LogP contribution >= 0.6 is 0 Å². The lowest BCUT2D eigenvalue weighted by Gasteiger charge is -2.17. The Morgan fingerprint density at radius 1 is 0.950 bits per heavy atom. The first-order valence-corrected chi connectivity index (χ1v) is 6.12. The molecular weight excluding hydrogens is 252 g/mol. The normalized spacial score (nSPS) is 13.3. The monoisotopic (exact) mass is 262 g/mol. The number of amides is 2. The predicted octanol–water partition coefficient (Wildman–Crippen LogP) is 2.67. The minimum Gasteiger partial charge on any atom is -0.268 e. The summed E-state index contributed by atoms with van der Waals surface area (Å²) in [4.78, 5) is 25.9. The molecule has 3 rings (SSSR count). The average Bonchev–Trinajstić information content (AvgIpc) is 2.72. The largest absolute Gasteiger partial charge is 0.268 e. The molecule has 1 heterocycles. The Morgan fingerprint density at radius 2 is 1.55 bits per heavy atom. The van der Waals surface area contributed by atoms with Crippen LogP contribution in [0.3, 0.4) is 0 Å². The number of nitrogens with zero attached hydrogens (tertiary/aromatic N) is 2. The fourth-order valence-corrected chi connectivity index (χ4v) is 2.39. The molecule has 1 aliphatic heterocycles. The molecule has 4 nitrogen and oxygen atoms in total. The van der Waals surface area contributed by atoms with Crippen LogP contribution in [0.4, 0.5) is 5.69 Å². The number of anilines is 1. The van der Waals surface area contributed by atoms with Gasteiger partial charge in [0.25, 0.3) is 11.8 Å². The molecule has 0 atom stereocenters. The average molecular weight is 262 g/mol. The van der Waals surface area contributed by atoms with E-state index in [1.54, 1.807) is 49.4 Å². The minimum atomic E-state index is -0.344. The molecule has 0 spiro atoms. The van der Waals surface area contributed by atoms with Gasteiger partial charge in [-0.05, 0) is 36.8 Å². The van der Waals surface area contributed by atoms with Gasteiger partial charge in [-0.1, -0.05) is 18.2 Å². The molecule has 0 saturated heterocycles. The maximum Gasteiger partial charge on any atom is 0.266 e. The number of fused-ring (bicyclic) bond motifs is 1. The summed E-state index contributed by atoms with van der Waals surface area (Å²) in [6.45, 7) is 1.73. The second-order valence-electron chi connectivity index (χ2n) is 4.55. The van der Waals surface area contributed by atoms with E-state index in [9.17, 15) is 9.59 Å². The van der Waals surface area contributed by atoms with Gasteiger partial charge >= 0.3 is 0 Å². The fourth-order valence-electron chi connectivity index (χ4n) is 2.39. The number of hydrogen-bond donors (Lipinski definition) is 0. The summed E-state index contributed by atoms with van der Waals surface area (Å²) in [5.41, 5.74) is 2.36. The molecular formula is C16H10N2O2. The van der Waals surface area contributed by atoms with Gasteiger partial charge in [-0.15, -0.1) is 0 Å². The van der Waals surface area contributed by atoms with E-state index in [-0.39, 0.29) is 11.8 Å². The highest BCUT2D eigenvalue weighted by molar-refractivity contribution is 6.34. The van der Waals surface area contributed by atoms with E-state index in [1.165, 1.54) is 0 Å². The molecule has 0 saturated carbocycles. The Hall–Kier alpha value is -2.93. The lowest BCUT2D eigenvalue weighted by atomic mass is 10.1. The van der Waals surface area contributed by atoms with Gasteiger partial charge in [0.2, 0.25) is 0 Å². The van der Waals surface area contributed by atoms with Gasteiger partial charge in [0.1, 0.15) is 0 Å². The van der Waals surface area contributed by atoms with Crippen molar-refractivity contribution < 1.29 is 9.59 Å². The summed E-state index contributed by atoms with van der Waals surface area (Å²) in [7, 11) is 0. The van der Waals surface area contributed by atoms with Crippen molar-refractivity contribution in [1.29, 1.82) is 5.26 Å². The van der Waals surface area contributed by atoms with Gasteiger partial charge in [-0.3, -0.25) is 9.59 Å². The molecule has 2 aromatic rings. The lowest BCUT2D eigenvalue weighted by molar-refractivity contribution is 0.0926. The van der Waals surface area contributed by atoms with E-state index in [0.717, 1.165) is 4.90 Å². The Bertz CT molecular complexity index is 752. The zero-order chi connectivity index (χ0) is 14.3. The van der Waals surface area contributed by atoms with E-state index in [4.69, 9.17) is 5.26 Å². The molecule has 1 aliphatic rings. The SMILES string of the molecule is Cc1c(C#N)cccc1N1C(=O)c2ccccc2C1=O. The first-order valence-electron chi connectivity index (χ1n) is 6.12. The van der Waals surface area contributed by atoms with E-state index in [1.807, 2.05) is 0 Å². The predicted molar refractivity (Wildman–Crippen MR) is 73.5 cm³/mol. The molecule has 0 bridgehead atoms. The third-order valence-corrected chi connectivity index (χ3v) is 3.46. The highest BCUT2D eigenvalue weighted by atomic mass is 16.2. The maximum atomic E-state index is 12.4. The van der Waals surface area contributed by atoms with Gasteiger partial charge in [0.05, 0.1) is 28.4 Å². The Labute approximate surface area is 115 Å². The summed E-state index contributed by atoms with van der Waals surface area (Å²) in [5.74, 6) is -0.687. The smallest absolute Gasteiger partial charge is 0.266 e. The summed E-state index contributed by atoms with van der Waals surface area (Å²) in [5, 5.41) is 9.05. The zero-order valence-electron chi connectivity index (χ0n) is 10.8. The molecule has 0 fully saturated rings. The molecule has 2 amide bonds. The van der Waals surface area contributed by atoms with Crippen LogP contribution in [-0.4, -0.2) is 11.8 Å². The van der Waals surface area contributed by atoms with Crippen LogP contribution in [0.25, 0.3) is 0 Å². The Balaban J connectivity index is 2.17. The van der Waals surface area contributed by atoms with Crippen molar-refractivity contribution in [2.24, 2.45) is 0 Å². The van der Waals surface area contributed by atoms with Crippen LogP contribution in [0.1, 0.15) is 31.8 Å². The van der Waals surface area contributed by atoms with E-state index < -0.39 is 0 Å². The van der Waals surface area contributed by atoms with Crippen molar-refractivity contribution in [3.8, 4) is 6.07 Å². The summed E-state index contributed by atoms with van der Waals surface area (Å²) in [6.07, 6.45) is 0. The molecule has 0 N–H and O–H groups in total. The lowest BCUT2D eigenvalue weighted by Crippen LogP contribution is -2.30. The number of nitriles is 1. The number of carbonyl (C=O) groups is 2. The number of benzene rings is 2. The summed E-state index contributed by atoms with van der Waals surface area (Å²) < 4.78 is 0. The van der Waals surface area contributed by atoms with Crippen molar-refractivity contribution in [3.05, 3.63) is 64.7 Å². The molecule has 0 aromatic heterocycles. The molecule has 20 heavy (non-hydrogen) atoms. The Morgan fingerprint density at radius 3 is 2.10 bits per heavy atom. The van der Waals surface area contributed by atoms with Crippen LogP contribution in [0.2, 0.25) is 0 Å². The van der Waals surface area contributed by atoms with Crippen molar-refractivity contribution >= 4 is 17.5 Å². The van der Waals surface area contributed by atoms with E-state index in [2.05, 4.69) is 6.07 Å². The van der Waals surface area contributed by atoms with Crippen molar-refractivity contribution in [2.45, 2.75) is 6.92 Å². The molecule has 0 unspecified atom stereocenters. The minimum absolute atomic E-state index is 0.344. The van der Waals surface area contributed by atoms with E-state index in [0.29, 0.717) is 27.9 Å². The number of imide groups is 1. The highest BCUT2D eigenvalue weighted by Gasteiger charge is 2.37. The highest BCUT2D eigenvalue weighted by Crippen LogP contribution is 2.31. The first-order chi connectivity index (χ1) is 9.65. The third kappa shape index (κ3) is 1.54. The van der Waals surface area contributed by atoms with Gasteiger partial charge in [-0.25, -0.2) is 4.90 Å². The topological polar surface area (TPSA) is 61.2 Å². The standard InChI is InChI=1S/C16H10N2O2/c1-10-11(9-17)5-4-8-14(10)18-15(19)12-6-2-3-7-13(12)16(18)20/h2-8H,1H3. The maximum absolute atomic E-state index is 12.4. The molecule has 0 radical (unpaired) electrons. The summed E-state index contributed by atoms with van der Waals surface area (Å²) in [6, 6.07) is 13.8. The van der Waals surface area contributed by atoms with Crippen molar-refractivity contribution in [3.63, 3.8) is 0 Å². The van der Waals surface area contributed by atoms with Crippen molar-refractivity contribution in [2.75, 3.05) is 4.90 Å². The van der Waals surface area contributed by atoms with Gasteiger partial charge in [0, 0.05) is 0 Å².